The minimum Gasteiger partial charge on any atom is -0.122 e. The van der Waals surface area contributed by atoms with E-state index < -0.39 is 0 Å². The van der Waals surface area contributed by atoms with Crippen LogP contribution in [0.4, 0.5) is 0 Å². The van der Waals surface area contributed by atoms with Crippen molar-refractivity contribution in [2.75, 3.05) is 5.88 Å². The maximum absolute atomic E-state index is 5.66. The molecule has 0 radical (unpaired) electrons. The van der Waals surface area contributed by atoms with Gasteiger partial charge in [-0.25, -0.2) is 0 Å². The van der Waals surface area contributed by atoms with Crippen molar-refractivity contribution in [2.45, 2.75) is 6.92 Å². The Bertz CT molecular complexity index is 274. The first-order chi connectivity index (χ1) is 5.72. The Balaban J connectivity index is 2.84. The lowest BCUT2D eigenvalue weighted by Crippen LogP contribution is -1.77. The van der Waals surface area contributed by atoms with Gasteiger partial charge in [0.2, 0.25) is 0 Å². The Hall–Kier alpha value is -0.270. The lowest BCUT2D eigenvalue weighted by Gasteiger charge is -1.96. The van der Waals surface area contributed by atoms with E-state index in [2.05, 4.69) is 34.1 Å². The summed E-state index contributed by atoms with van der Waals surface area (Å²) in [4.78, 5) is 0. The summed E-state index contributed by atoms with van der Waals surface area (Å²) in [6, 6.07) is 8.15. The second-order valence-corrected chi connectivity index (χ2v) is 3.86. The van der Waals surface area contributed by atoms with E-state index in [9.17, 15) is 0 Å². The molecule has 0 atom stereocenters. The van der Waals surface area contributed by atoms with E-state index in [1.807, 2.05) is 19.1 Å². The molecule has 0 saturated carbocycles. The van der Waals surface area contributed by atoms with E-state index in [0.29, 0.717) is 5.88 Å². The molecule has 0 aliphatic heterocycles. The standard InChI is InChI=1S/C10H10BrCl/c1-8(7-12)6-9-2-4-10(11)5-3-9/h2-6H,7H2,1H3/b8-6-. The molecule has 0 nitrogen and oxygen atoms in total. The summed E-state index contributed by atoms with van der Waals surface area (Å²) in [5.41, 5.74) is 2.37. The van der Waals surface area contributed by atoms with Crippen LogP contribution in [0.2, 0.25) is 0 Å². The first-order valence-electron chi connectivity index (χ1n) is 3.71. The normalized spacial score (nSPS) is 11.8. The van der Waals surface area contributed by atoms with E-state index in [-0.39, 0.29) is 0 Å². The predicted octanol–water partition coefficient (Wildman–Crippen LogP) is 4.09. The minimum absolute atomic E-state index is 0.593. The third kappa shape index (κ3) is 3.00. The molecule has 0 amide bonds. The number of allylic oxidation sites excluding steroid dienone is 1. The average molecular weight is 246 g/mol. The molecule has 0 heterocycles. The number of alkyl halides is 1. The molecule has 64 valence electrons. The topological polar surface area (TPSA) is 0 Å². The fourth-order valence-corrected chi connectivity index (χ4v) is 1.22. The van der Waals surface area contributed by atoms with Crippen molar-refractivity contribution in [3.63, 3.8) is 0 Å². The van der Waals surface area contributed by atoms with E-state index in [1.165, 1.54) is 11.1 Å². The fraction of sp³-hybridized carbons (Fsp3) is 0.200. The van der Waals surface area contributed by atoms with Gasteiger partial charge in [0.05, 0.1) is 0 Å². The predicted molar refractivity (Wildman–Crippen MR) is 58.5 cm³/mol. The highest BCUT2D eigenvalue weighted by Gasteiger charge is 1.89. The van der Waals surface area contributed by atoms with E-state index >= 15 is 0 Å². The maximum Gasteiger partial charge on any atom is 0.0434 e. The Morgan fingerprint density at radius 1 is 1.42 bits per heavy atom. The van der Waals surface area contributed by atoms with Crippen molar-refractivity contribution in [3.8, 4) is 0 Å². The molecule has 0 fully saturated rings. The van der Waals surface area contributed by atoms with Crippen LogP contribution >= 0.6 is 27.5 Å². The Morgan fingerprint density at radius 3 is 2.50 bits per heavy atom. The van der Waals surface area contributed by atoms with Gasteiger partial charge in [-0.3, -0.25) is 0 Å². The highest BCUT2D eigenvalue weighted by atomic mass is 79.9. The third-order valence-electron chi connectivity index (χ3n) is 1.49. The molecule has 0 aliphatic carbocycles. The Labute approximate surface area is 86.4 Å². The molecule has 0 spiro atoms. The van der Waals surface area contributed by atoms with Crippen molar-refractivity contribution in [1.82, 2.24) is 0 Å². The number of hydrogen-bond donors (Lipinski definition) is 0. The van der Waals surface area contributed by atoms with E-state index in [1.54, 1.807) is 0 Å². The largest absolute Gasteiger partial charge is 0.122 e. The molecule has 12 heavy (non-hydrogen) atoms. The quantitative estimate of drug-likeness (QED) is 0.689. The monoisotopic (exact) mass is 244 g/mol. The van der Waals surface area contributed by atoms with Gasteiger partial charge in [0.15, 0.2) is 0 Å². The van der Waals surface area contributed by atoms with E-state index in [0.717, 1.165) is 4.47 Å². The lowest BCUT2D eigenvalue weighted by atomic mass is 10.1. The summed E-state index contributed by atoms with van der Waals surface area (Å²) < 4.78 is 1.10. The molecule has 0 bridgehead atoms. The van der Waals surface area contributed by atoms with Crippen LogP contribution in [0.3, 0.4) is 0 Å². The van der Waals surface area contributed by atoms with Crippen LogP contribution in [-0.4, -0.2) is 5.88 Å². The molecule has 0 aliphatic rings. The first kappa shape index (κ1) is 9.82. The van der Waals surface area contributed by atoms with Crippen LogP contribution in [-0.2, 0) is 0 Å². The van der Waals surface area contributed by atoms with Crippen LogP contribution in [0.25, 0.3) is 6.08 Å². The smallest absolute Gasteiger partial charge is 0.0434 e. The molecular formula is C10H10BrCl. The second-order valence-electron chi connectivity index (χ2n) is 2.68. The van der Waals surface area contributed by atoms with E-state index in [4.69, 9.17) is 11.6 Å². The number of halogens is 2. The van der Waals surface area contributed by atoms with Gasteiger partial charge in [0.1, 0.15) is 0 Å². The number of benzene rings is 1. The van der Waals surface area contributed by atoms with Gasteiger partial charge in [-0.1, -0.05) is 39.7 Å². The number of hydrogen-bond acceptors (Lipinski definition) is 0. The molecule has 0 N–H and O–H groups in total. The van der Waals surface area contributed by atoms with Crippen molar-refractivity contribution in [2.24, 2.45) is 0 Å². The van der Waals surface area contributed by atoms with Crippen molar-refractivity contribution in [1.29, 1.82) is 0 Å². The zero-order chi connectivity index (χ0) is 8.97. The SMILES string of the molecule is C/C(=C/c1ccc(Br)cc1)CCl. The summed E-state index contributed by atoms with van der Waals surface area (Å²) in [6.45, 7) is 2.02. The van der Waals surface area contributed by atoms with Gasteiger partial charge in [-0.15, -0.1) is 11.6 Å². The second kappa shape index (κ2) is 4.68. The summed E-state index contributed by atoms with van der Waals surface area (Å²) in [6.07, 6.45) is 2.08. The molecule has 1 aromatic rings. The fourth-order valence-electron chi connectivity index (χ4n) is 0.882. The van der Waals surface area contributed by atoms with Crippen LogP contribution < -0.4 is 0 Å². The molecular weight excluding hydrogens is 235 g/mol. The first-order valence-corrected chi connectivity index (χ1v) is 5.04. The van der Waals surface area contributed by atoms with Crippen molar-refractivity contribution in [3.05, 3.63) is 39.9 Å². The molecule has 0 saturated heterocycles. The average Bonchev–Trinajstić information content (AvgIpc) is 2.09. The Kier molecular flexibility index (Phi) is 3.83. The molecule has 0 aromatic heterocycles. The van der Waals surface area contributed by atoms with Gasteiger partial charge >= 0.3 is 0 Å². The van der Waals surface area contributed by atoms with Gasteiger partial charge < -0.3 is 0 Å². The zero-order valence-electron chi connectivity index (χ0n) is 6.85. The van der Waals surface area contributed by atoms with Gasteiger partial charge in [-0.2, -0.15) is 0 Å². The molecule has 1 rings (SSSR count). The molecule has 0 unspecified atom stereocenters. The summed E-state index contributed by atoms with van der Waals surface area (Å²) in [7, 11) is 0. The highest BCUT2D eigenvalue weighted by Crippen LogP contribution is 2.13. The van der Waals surface area contributed by atoms with Crippen LogP contribution in [0.15, 0.2) is 34.3 Å². The third-order valence-corrected chi connectivity index (χ3v) is 2.44. The number of rotatable bonds is 2. The van der Waals surface area contributed by atoms with Gasteiger partial charge in [-0.05, 0) is 24.6 Å². The van der Waals surface area contributed by atoms with Crippen LogP contribution in [0.1, 0.15) is 12.5 Å². The summed E-state index contributed by atoms with van der Waals surface area (Å²) >= 11 is 9.04. The Morgan fingerprint density at radius 2 is 2.00 bits per heavy atom. The summed E-state index contributed by atoms with van der Waals surface area (Å²) in [5, 5.41) is 0. The van der Waals surface area contributed by atoms with Crippen LogP contribution in [0, 0.1) is 0 Å². The van der Waals surface area contributed by atoms with Crippen molar-refractivity contribution >= 4 is 33.6 Å². The van der Waals surface area contributed by atoms with Gasteiger partial charge in [0, 0.05) is 10.4 Å². The minimum atomic E-state index is 0.593. The lowest BCUT2D eigenvalue weighted by molar-refractivity contribution is 1.42. The molecule has 1 aromatic carbocycles. The van der Waals surface area contributed by atoms with Crippen molar-refractivity contribution < 1.29 is 0 Å². The van der Waals surface area contributed by atoms with Gasteiger partial charge in [0.25, 0.3) is 0 Å². The zero-order valence-corrected chi connectivity index (χ0v) is 9.19. The molecule has 2 heteroatoms. The summed E-state index contributed by atoms with van der Waals surface area (Å²) in [5.74, 6) is 0.593. The van der Waals surface area contributed by atoms with Crippen LogP contribution in [0.5, 0.6) is 0 Å². The maximum atomic E-state index is 5.66. The highest BCUT2D eigenvalue weighted by molar-refractivity contribution is 9.10.